The Morgan fingerprint density at radius 3 is 2.73 bits per heavy atom. The van der Waals surface area contributed by atoms with Crippen LogP contribution in [-0.2, 0) is 22.6 Å². The van der Waals surface area contributed by atoms with Crippen molar-refractivity contribution in [3.8, 4) is 0 Å². The maximum Gasteiger partial charge on any atom is 0.290 e. The summed E-state index contributed by atoms with van der Waals surface area (Å²) in [5.41, 5.74) is 2.62. The molecule has 0 saturated carbocycles. The molecule has 5 rings (SSSR count). The molecule has 1 unspecified atom stereocenters. The minimum atomic E-state index is -0.325. The van der Waals surface area contributed by atoms with Gasteiger partial charge in [-0.3, -0.25) is 14.5 Å². The number of carboxylic acid groups (broad SMARTS) is 1. The summed E-state index contributed by atoms with van der Waals surface area (Å²) in [6.45, 7) is 3.62. The third-order valence-corrected chi connectivity index (χ3v) is 6.63. The third kappa shape index (κ3) is 5.43. The molecule has 1 spiro atoms. The molecule has 2 aliphatic rings. The van der Waals surface area contributed by atoms with Crippen molar-refractivity contribution in [2.45, 2.75) is 38.3 Å². The number of furan rings is 1. The van der Waals surface area contributed by atoms with E-state index in [0.717, 1.165) is 56.4 Å². The highest BCUT2D eigenvalue weighted by molar-refractivity contribution is 5.86. The van der Waals surface area contributed by atoms with Crippen LogP contribution in [0.5, 0.6) is 0 Å². The van der Waals surface area contributed by atoms with Crippen molar-refractivity contribution in [3.05, 3.63) is 54.1 Å². The molecule has 2 N–H and O–H groups in total. The van der Waals surface area contributed by atoms with E-state index >= 15 is 0 Å². The van der Waals surface area contributed by atoms with Gasteiger partial charge in [0, 0.05) is 43.7 Å². The fourth-order valence-electron chi connectivity index (χ4n) is 5.14. The summed E-state index contributed by atoms with van der Waals surface area (Å²) in [7, 11) is 0. The Hall–Kier alpha value is -3.17. The Labute approximate surface area is 191 Å². The predicted octanol–water partition coefficient (Wildman–Crippen LogP) is 2.54. The van der Waals surface area contributed by atoms with Crippen LogP contribution in [0.15, 0.2) is 51.8 Å². The summed E-state index contributed by atoms with van der Waals surface area (Å²) in [6.07, 6.45) is 6.03. The fourth-order valence-corrected chi connectivity index (χ4v) is 5.14. The second-order valence-corrected chi connectivity index (χ2v) is 8.95. The van der Waals surface area contributed by atoms with E-state index in [1.165, 1.54) is 0 Å². The number of hydrogen-bond donors (Lipinski definition) is 2. The molecule has 2 aliphatic heterocycles. The molecule has 176 valence electrons. The van der Waals surface area contributed by atoms with Crippen LogP contribution in [0.2, 0.25) is 0 Å². The van der Waals surface area contributed by atoms with Gasteiger partial charge in [0.2, 0.25) is 5.91 Å². The summed E-state index contributed by atoms with van der Waals surface area (Å²) >= 11 is 0. The van der Waals surface area contributed by atoms with Gasteiger partial charge in [0.25, 0.3) is 6.47 Å². The molecule has 2 aromatic heterocycles. The van der Waals surface area contributed by atoms with Gasteiger partial charge in [0.15, 0.2) is 5.58 Å². The molecular formula is C24H29N3O6. The van der Waals surface area contributed by atoms with Gasteiger partial charge in [0.1, 0.15) is 5.69 Å². The number of hydrogen-bond acceptors (Lipinski definition) is 7. The molecule has 3 aromatic rings. The molecule has 0 radical (unpaired) electrons. The first-order valence-electron chi connectivity index (χ1n) is 11.1. The number of piperidine rings is 2. The standard InChI is InChI=1S/C23H27N3O4.CH2O2/c27-18-12-23(16-25(14-18)13-17-5-10-29-15-17)6-8-26(9-7-23)22(28)11-20-19-3-1-2-4-21(19)30-24-20;2-1-3/h1-5,10,15,18,27H,6-9,11-14,16H2;1H,(H,2,3). The number of para-hydroxylation sites is 1. The normalized spacial score (nSPS) is 20.4. The second-order valence-electron chi connectivity index (χ2n) is 8.95. The maximum absolute atomic E-state index is 12.9. The quantitative estimate of drug-likeness (QED) is 0.576. The number of aliphatic hydroxyl groups is 1. The van der Waals surface area contributed by atoms with Crippen molar-refractivity contribution in [3.63, 3.8) is 0 Å². The predicted molar refractivity (Wildman–Crippen MR) is 119 cm³/mol. The first-order valence-corrected chi connectivity index (χ1v) is 11.1. The number of likely N-dealkylation sites (tertiary alicyclic amines) is 2. The van der Waals surface area contributed by atoms with E-state index in [4.69, 9.17) is 18.8 Å². The smallest absolute Gasteiger partial charge is 0.290 e. The molecular weight excluding hydrogens is 426 g/mol. The molecule has 1 amide bonds. The topological polar surface area (TPSA) is 120 Å². The van der Waals surface area contributed by atoms with Crippen LogP contribution in [0.25, 0.3) is 11.0 Å². The van der Waals surface area contributed by atoms with Crippen LogP contribution in [-0.4, -0.2) is 69.8 Å². The zero-order chi connectivity index (χ0) is 23.3. The van der Waals surface area contributed by atoms with E-state index < -0.39 is 0 Å². The fraction of sp³-hybridized carbons (Fsp3) is 0.458. The van der Waals surface area contributed by atoms with E-state index in [-0.39, 0.29) is 30.3 Å². The lowest BCUT2D eigenvalue weighted by molar-refractivity contribution is -0.134. The summed E-state index contributed by atoms with van der Waals surface area (Å²) in [6, 6.07) is 9.62. The van der Waals surface area contributed by atoms with Crippen molar-refractivity contribution in [1.82, 2.24) is 15.0 Å². The van der Waals surface area contributed by atoms with Crippen molar-refractivity contribution in [1.29, 1.82) is 0 Å². The average Bonchev–Trinajstić information content (AvgIpc) is 3.44. The van der Waals surface area contributed by atoms with Crippen molar-refractivity contribution < 1.29 is 28.7 Å². The highest BCUT2D eigenvalue weighted by Gasteiger charge is 2.42. The lowest BCUT2D eigenvalue weighted by Crippen LogP contribution is -2.54. The lowest BCUT2D eigenvalue weighted by atomic mass is 9.71. The zero-order valence-corrected chi connectivity index (χ0v) is 18.4. The van der Waals surface area contributed by atoms with Gasteiger partial charge in [-0.2, -0.15) is 0 Å². The largest absolute Gasteiger partial charge is 0.483 e. The number of nitrogens with zero attached hydrogens (tertiary/aromatic N) is 3. The molecule has 4 heterocycles. The number of amides is 1. The summed E-state index contributed by atoms with van der Waals surface area (Å²) in [4.78, 5) is 25.5. The summed E-state index contributed by atoms with van der Waals surface area (Å²) in [5.74, 6) is 0.0931. The number of carbonyl (C=O) groups excluding carboxylic acids is 1. The highest BCUT2D eigenvalue weighted by Crippen LogP contribution is 2.40. The van der Waals surface area contributed by atoms with Crippen LogP contribution in [0.3, 0.4) is 0 Å². The Balaban J connectivity index is 0.000000821. The highest BCUT2D eigenvalue weighted by atomic mass is 16.5. The molecule has 9 nitrogen and oxygen atoms in total. The Kier molecular flexibility index (Phi) is 7.10. The van der Waals surface area contributed by atoms with Gasteiger partial charge in [-0.25, -0.2) is 0 Å². The minimum absolute atomic E-state index is 0.0682. The third-order valence-electron chi connectivity index (χ3n) is 6.63. The Bertz CT molecular complexity index is 1060. The lowest BCUT2D eigenvalue weighted by Gasteiger charge is -2.49. The van der Waals surface area contributed by atoms with E-state index in [2.05, 4.69) is 10.1 Å². The van der Waals surface area contributed by atoms with Crippen LogP contribution in [0, 0.1) is 5.41 Å². The van der Waals surface area contributed by atoms with Gasteiger partial charge in [-0.05, 0) is 42.9 Å². The van der Waals surface area contributed by atoms with E-state index in [1.807, 2.05) is 35.2 Å². The minimum Gasteiger partial charge on any atom is -0.483 e. The number of rotatable bonds is 4. The van der Waals surface area contributed by atoms with Crippen molar-refractivity contribution >= 4 is 23.3 Å². The zero-order valence-electron chi connectivity index (χ0n) is 18.4. The second kappa shape index (κ2) is 10.2. The molecule has 2 saturated heterocycles. The van der Waals surface area contributed by atoms with Crippen LogP contribution in [0.1, 0.15) is 30.5 Å². The SMILES string of the molecule is O=C(Cc1noc2ccccc12)N1CCC2(CC1)CC(O)CN(Cc1ccoc1)C2.O=CO. The first kappa shape index (κ1) is 23.0. The van der Waals surface area contributed by atoms with Gasteiger partial charge < -0.3 is 24.1 Å². The maximum atomic E-state index is 12.9. The molecule has 0 bridgehead atoms. The first-order chi connectivity index (χ1) is 16.0. The summed E-state index contributed by atoms with van der Waals surface area (Å²) < 4.78 is 10.5. The van der Waals surface area contributed by atoms with Gasteiger partial charge in [-0.1, -0.05) is 17.3 Å². The molecule has 33 heavy (non-hydrogen) atoms. The Morgan fingerprint density at radius 1 is 1.24 bits per heavy atom. The van der Waals surface area contributed by atoms with Gasteiger partial charge >= 0.3 is 0 Å². The van der Waals surface area contributed by atoms with Crippen molar-refractivity contribution in [2.24, 2.45) is 5.41 Å². The number of carbonyl (C=O) groups is 2. The van der Waals surface area contributed by atoms with Crippen LogP contribution in [0.4, 0.5) is 0 Å². The number of fused-ring (bicyclic) bond motifs is 1. The monoisotopic (exact) mass is 455 g/mol. The molecule has 0 aliphatic carbocycles. The number of benzene rings is 1. The summed E-state index contributed by atoms with van der Waals surface area (Å²) in [5, 5.41) is 22.4. The Morgan fingerprint density at radius 2 is 2.00 bits per heavy atom. The van der Waals surface area contributed by atoms with Gasteiger partial charge in [-0.15, -0.1) is 0 Å². The van der Waals surface area contributed by atoms with Gasteiger partial charge in [0.05, 0.1) is 25.1 Å². The van der Waals surface area contributed by atoms with Crippen molar-refractivity contribution in [2.75, 3.05) is 26.2 Å². The molecule has 9 heteroatoms. The van der Waals surface area contributed by atoms with Crippen LogP contribution < -0.4 is 0 Å². The van der Waals surface area contributed by atoms with E-state index in [0.29, 0.717) is 17.8 Å². The number of β-amino-alcohol motifs (C(OH)–C–C–N with tert-alkyl or cyclic N) is 1. The average molecular weight is 456 g/mol. The number of aliphatic hydroxyl groups excluding tert-OH is 1. The molecule has 1 aromatic carbocycles. The number of aromatic nitrogens is 1. The van der Waals surface area contributed by atoms with E-state index in [9.17, 15) is 9.90 Å². The molecule has 1 atom stereocenters. The van der Waals surface area contributed by atoms with E-state index in [1.54, 1.807) is 12.5 Å². The van der Waals surface area contributed by atoms with Crippen LogP contribution >= 0.6 is 0 Å². The molecule has 2 fully saturated rings.